The maximum absolute atomic E-state index is 5.36. The first-order valence-electron chi connectivity index (χ1n) is 8.38. The van der Waals surface area contributed by atoms with Crippen molar-refractivity contribution in [2.24, 2.45) is 0 Å². The molecule has 0 bridgehead atoms. The summed E-state index contributed by atoms with van der Waals surface area (Å²) in [5.41, 5.74) is 4.42. The van der Waals surface area contributed by atoms with E-state index in [0.717, 1.165) is 17.0 Å². The van der Waals surface area contributed by atoms with E-state index < -0.39 is 0 Å². The zero-order valence-electron chi connectivity index (χ0n) is 14.9. The van der Waals surface area contributed by atoms with Crippen molar-refractivity contribution in [3.63, 3.8) is 0 Å². The maximum atomic E-state index is 5.36. The van der Waals surface area contributed by atoms with Gasteiger partial charge in [-0.3, -0.25) is 4.68 Å². The van der Waals surface area contributed by atoms with Crippen molar-refractivity contribution in [3.05, 3.63) is 77.6 Å². The van der Waals surface area contributed by atoms with E-state index in [1.165, 1.54) is 11.1 Å². The number of benzene rings is 2. The first-order chi connectivity index (χ1) is 12.6. The summed E-state index contributed by atoms with van der Waals surface area (Å²) in [6.07, 6.45) is 3.69. The van der Waals surface area contributed by atoms with Crippen LogP contribution >= 0.6 is 12.2 Å². The number of rotatable bonds is 6. The molecule has 6 heteroatoms. The van der Waals surface area contributed by atoms with E-state index in [2.05, 4.69) is 46.9 Å². The number of hydrogen-bond acceptors (Lipinski definition) is 3. The van der Waals surface area contributed by atoms with Crippen LogP contribution in [0, 0.1) is 6.92 Å². The first kappa shape index (κ1) is 17.9. The van der Waals surface area contributed by atoms with E-state index >= 15 is 0 Å². The summed E-state index contributed by atoms with van der Waals surface area (Å²) in [5, 5.41) is 11.3. The van der Waals surface area contributed by atoms with Crippen LogP contribution in [0.1, 0.15) is 16.7 Å². The molecule has 0 atom stereocenters. The number of aryl methyl sites for hydroxylation is 1. The highest BCUT2D eigenvalue weighted by Gasteiger charge is 2.03. The van der Waals surface area contributed by atoms with Crippen molar-refractivity contribution >= 4 is 23.0 Å². The van der Waals surface area contributed by atoms with Crippen LogP contribution in [-0.2, 0) is 13.1 Å². The monoisotopic (exact) mass is 366 g/mol. The summed E-state index contributed by atoms with van der Waals surface area (Å²) in [7, 11) is 1.67. The van der Waals surface area contributed by atoms with Crippen LogP contribution < -0.4 is 15.4 Å². The van der Waals surface area contributed by atoms with E-state index in [1.807, 2.05) is 35.1 Å². The smallest absolute Gasteiger partial charge is 0.171 e. The average Bonchev–Trinajstić information content (AvgIpc) is 3.08. The summed E-state index contributed by atoms with van der Waals surface area (Å²) in [6, 6.07) is 16.3. The standard InChI is InChI=1S/C20H22N4OS/c1-15-6-8-16(9-7-15)11-21-20(26)23-18-12-22-24(14-18)13-17-4-3-5-19(10-17)25-2/h3-10,12,14H,11,13H2,1-2H3,(H2,21,23,26). The number of anilines is 1. The first-order valence-corrected chi connectivity index (χ1v) is 8.79. The Hall–Kier alpha value is -2.86. The lowest BCUT2D eigenvalue weighted by Gasteiger charge is -2.09. The van der Waals surface area contributed by atoms with Gasteiger partial charge < -0.3 is 15.4 Å². The molecule has 0 fully saturated rings. The Morgan fingerprint density at radius 1 is 1.15 bits per heavy atom. The predicted molar refractivity (Wildman–Crippen MR) is 109 cm³/mol. The van der Waals surface area contributed by atoms with Crippen LogP contribution in [0.2, 0.25) is 0 Å². The fourth-order valence-electron chi connectivity index (χ4n) is 2.54. The Morgan fingerprint density at radius 2 is 1.96 bits per heavy atom. The number of methoxy groups -OCH3 is 1. The van der Waals surface area contributed by atoms with Crippen molar-refractivity contribution in [2.45, 2.75) is 20.0 Å². The van der Waals surface area contributed by atoms with Gasteiger partial charge in [0.15, 0.2) is 5.11 Å². The molecule has 134 valence electrons. The molecule has 0 aliphatic heterocycles. The van der Waals surface area contributed by atoms with Crippen LogP contribution in [0.15, 0.2) is 60.9 Å². The fourth-order valence-corrected chi connectivity index (χ4v) is 2.73. The summed E-state index contributed by atoms with van der Waals surface area (Å²) < 4.78 is 7.11. The molecule has 0 aliphatic rings. The SMILES string of the molecule is COc1cccc(Cn2cc(NC(=S)NCc3ccc(C)cc3)cn2)c1. The van der Waals surface area contributed by atoms with Crippen LogP contribution in [-0.4, -0.2) is 22.0 Å². The molecule has 0 unspecified atom stereocenters. The van der Waals surface area contributed by atoms with Gasteiger partial charge in [0, 0.05) is 12.7 Å². The number of thiocarbonyl (C=S) groups is 1. The van der Waals surface area contributed by atoms with Gasteiger partial charge in [-0.2, -0.15) is 5.10 Å². The lowest BCUT2D eigenvalue weighted by Crippen LogP contribution is -2.27. The third kappa shape index (κ3) is 5.07. The van der Waals surface area contributed by atoms with E-state index in [1.54, 1.807) is 13.3 Å². The quantitative estimate of drug-likeness (QED) is 0.651. The van der Waals surface area contributed by atoms with E-state index in [-0.39, 0.29) is 0 Å². The summed E-state index contributed by atoms with van der Waals surface area (Å²) in [6.45, 7) is 3.43. The average molecular weight is 366 g/mol. The molecule has 5 nitrogen and oxygen atoms in total. The number of nitrogens with zero attached hydrogens (tertiary/aromatic N) is 2. The van der Waals surface area contributed by atoms with Crippen LogP contribution in [0.3, 0.4) is 0 Å². The number of ether oxygens (including phenoxy) is 1. The van der Waals surface area contributed by atoms with Gasteiger partial charge in [0.1, 0.15) is 5.75 Å². The topological polar surface area (TPSA) is 51.1 Å². The van der Waals surface area contributed by atoms with Crippen molar-refractivity contribution in [1.29, 1.82) is 0 Å². The molecule has 3 rings (SSSR count). The third-order valence-electron chi connectivity index (χ3n) is 3.94. The molecule has 3 aromatic rings. The minimum atomic E-state index is 0.575. The zero-order valence-corrected chi connectivity index (χ0v) is 15.7. The lowest BCUT2D eigenvalue weighted by molar-refractivity contribution is 0.414. The van der Waals surface area contributed by atoms with Gasteiger partial charge in [0.2, 0.25) is 0 Å². The van der Waals surface area contributed by atoms with Gasteiger partial charge in [-0.05, 0) is 42.4 Å². The summed E-state index contributed by atoms with van der Waals surface area (Å²) in [4.78, 5) is 0. The second kappa shape index (κ2) is 8.49. The second-order valence-electron chi connectivity index (χ2n) is 6.07. The molecule has 0 saturated carbocycles. The van der Waals surface area contributed by atoms with Gasteiger partial charge >= 0.3 is 0 Å². The van der Waals surface area contributed by atoms with Crippen LogP contribution in [0.5, 0.6) is 5.75 Å². The molecule has 2 N–H and O–H groups in total. The molecular formula is C20H22N4OS. The number of nitrogens with one attached hydrogen (secondary N) is 2. The minimum absolute atomic E-state index is 0.575. The predicted octanol–water partition coefficient (Wildman–Crippen LogP) is 3.74. The molecule has 1 heterocycles. The van der Waals surface area contributed by atoms with E-state index in [4.69, 9.17) is 17.0 Å². The Labute approximate surface area is 159 Å². The van der Waals surface area contributed by atoms with Gasteiger partial charge in [0.05, 0.1) is 25.5 Å². The van der Waals surface area contributed by atoms with Crippen molar-refractivity contribution < 1.29 is 4.74 Å². The Balaban J connectivity index is 1.52. The second-order valence-corrected chi connectivity index (χ2v) is 6.48. The molecule has 0 saturated heterocycles. The van der Waals surface area contributed by atoms with Crippen molar-refractivity contribution in [3.8, 4) is 5.75 Å². The Kier molecular flexibility index (Phi) is 5.86. The maximum Gasteiger partial charge on any atom is 0.171 e. The zero-order chi connectivity index (χ0) is 18.4. The minimum Gasteiger partial charge on any atom is -0.497 e. The normalized spacial score (nSPS) is 10.4. The molecule has 2 aromatic carbocycles. The Morgan fingerprint density at radius 3 is 2.73 bits per heavy atom. The highest BCUT2D eigenvalue weighted by atomic mass is 32.1. The van der Waals surface area contributed by atoms with Gasteiger partial charge in [0.25, 0.3) is 0 Å². The molecule has 0 radical (unpaired) electrons. The summed E-state index contributed by atoms with van der Waals surface area (Å²) in [5.74, 6) is 0.842. The molecule has 1 aromatic heterocycles. The largest absolute Gasteiger partial charge is 0.497 e. The van der Waals surface area contributed by atoms with E-state index in [9.17, 15) is 0 Å². The van der Waals surface area contributed by atoms with Crippen molar-refractivity contribution in [1.82, 2.24) is 15.1 Å². The number of aromatic nitrogens is 2. The molecular weight excluding hydrogens is 344 g/mol. The molecule has 26 heavy (non-hydrogen) atoms. The van der Waals surface area contributed by atoms with E-state index in [0.29, 0.717) is 18.2 Å². The molecule has 0 spiro atoms. The highest BCUT2D eigenvalue weighted by molar-refractivity contribution is 7.80. The van der Waals surface area contributed by atoms with Crippen LogP contribution in [0.25, 0.3) is 0 Å². The molecule has 0 amide bonds. The lowest BCUT2D eigenvalue weighted by atomic mass is 10.1. The van der Waals surface area contributed by atoms with Crippen LogP contribution in [0.4, 0.5) is 5.69 Å². The van der Waals surface area contributed by atoms with Gasteiger partial charge in [-0.25, -0.2) is 0 Å². The number of hydrogen-bond donors (Lipinski definition) is 2. The van der Waals surface area contributed by atoms with Gasteiger partial charge in [-0.1, -0.05) is 42.0 Å². The van der Waals surface area contributed by atoms with Crippen molar-refractivity contribution in [2.75, 3.05) is 12.4 Å². The summed E-state index contributed by atoms with van der Waals surface area (Å²) >= 11 is 5.36. The highest BCUT2D eigenvalue weighted by Crippen LogP contribution is 2.14. The van der Waals surface area contributed by atoms with Gasteiger partial charge in [-0.15, -0.1) is 0 Å². The third-order valence-corrected chi connectivity index (χ3v) is 4.19. The molecule has 0 aliphatic carbocycles. The Bertz CT molecular complexity index is 874. The fraction of sp³-hybridized carbons (Fsp3) is 0.200.